The molecular weight excluding hydrogens is 641 g/mol. The normalized spacial score (nSPS) is 12.8. The zero-order valence-electron chi connectivity index (χ0n) is 24.5. The van der Waals surface area contributed by atoms with E-state index in [4.69, 9.17) is 14.5 Å². The van der Waals surface area contributed by atoms with E-state index in [1.165, 1.54) is 0 Å². The molecule has 13 heteroatoms. The summed E-state index contributed by atoms with van der Waals surface area (Å²) >= 11 is 3.49. The standard InChI is InChI=1S/C31H30BrF3N6O3/c1-19(40(29(42)44-30(2,3)4)16-15-20-9-7-10-21(32)17-20)25-14-8-11-22(36-25)18-43-27-24-13-6-5-12-23(24)26-37-38-28(31(33,34)35)41(26)39-27/h5-14,17,19H,15-16,18H2,1-4H3. The predicted octanol–water partition coefficient (Wildman–Crippen LogP) is 7.57. The first kappa shape index (κ1) is 31.2. The quantitative estimate of drug-likeness (QED) is 0.168. The summed E-state index contributed by atoms with van der Waals surface area (Å²) in [5, 5.41) is 12.0. The van der Waals surface area contributed by atoms with Crippen molar-refractivity contribution in [2.45, 2.75) is 58.5 Å². The summed E-state index contributed by atoms with van der Waals surface area (Å²) in [7, 11) is 0. The van der Waals surface area contributed by atoms with Crippen LogP contribution in [0.1, 0.15) is 56.5 Å². The van der Waals surface area contributed by atoms with Crippen LogP contribution in [0.25, 0.3) is 16.4 Å². The second kappa shape index (κ2) is 12.4. The minimum atomic E-state index is -4.75. The van der Waals surface area contributed by atoms with Crippen LogP contribution in [-0.2, 0) is 23.9 Å². The number of ether oxygens (including phenoxy) is 2. The molecule has 0 aliphatic heterocycles. The molecule has 2 aromatic carbocycles. The van der Waals surface area contributed by atoms with Gasteiger partial charge in [0.25, 0.3) is 5.82 Å². The number of nitrogens with zero attached hydrogens (tertiary/aromatic N) is 6. The van der Waals surface area contributed by atoms with Crippen LogP contribution in [0.4, 0.5) is 18.0 Å². The number of fused-ring (bicyclic) bond motifs is 3. The number of carbonyl (C=O) groups is 1. The maximum Gasteiger partial charge on any atom is 0.453 e. The predicted molar refractivity (Wildman–Crippen MR) is 161 cm³/mol. The topological polar surface area (TPSA) is 94.7 Å². The highest BCUT2D eigenvalue weighted by atomic mass is 79.9. The average Bonchev–Trinajstić information content (AvgIpc) is 3.40. The molecule has 44 heavy (non-hydrogen) atoms. The van der Waals surface area contributed by atoms with Crippen molar-refractivity contribution in [3.63, 3.8) is 0 Å². The van der Waals surface area contributed by atoms with Crippen LogP contribution in [0.2, 0.25) is 0 Å². The molecule has 3 heterocycles. The molecule has 0 saturated heterocycles. The van der Waals surface area contributed by atoms with Gasteiger partial charge in [0.1, 0.15) is 12.2 Å². The Morgan fingerprint density at radius 3 is 2.43 bits per heavy atom. The summed E-state index contributed by atoms with van der Waals surface area (Å²) in [6.07, 6.45) is -4.63. The lowest BCUT2D eigenvalue weighted by Gasteiger charge is -2.31. The van der Waals surface area contributed by atoms with Crippen molar-refractivity contribution >= 4 is 38.4 Å². The van der Waals surface area contributed by atoms with E-state index < -0.39 is 29.7 Å². The minimum absolute atomic E-state index is 0.0249. The van der Waals surface area contributed by atoms with Gasteiger partial charge in [-0.15, -0.1) is 15.3 Å². The van der Waals surface area contributed by atoms with Crippen molar-refractivity contribution in [1.29, 1.82) is 0 Å². The fourth-order valence-corrected chi connectivity index (χ4v) is 5.10. The largest absolute Gasteiger partial charge is 0.470 e. The third-order valence-corrected chi connectivity index (χ3v) is 7.22. The number of alkyl halides is 3. The van der Waals surface area contributed by atoms with Crippen molar-refractivity contribution in [3.8, 4) is 5.88 Å². The van der Waals surface area contributed by atoms with Gasteiger partial charge in [0.2, 0.25) is 5.88 Å². The second-order valence-electron chi connectivity index (χ2n) is 11.2. The fourth-order valence-electron chi connectivity index (χ4n) is 4.65. The number of aromatic nitrogens is 5. The van der Waals surface area contributed by atoms with Crippen molar-refractivity contribution in [3.05, 3.63) is 94.0 Å². The fraction of sp³-hybridized carbons (Fsp3) is 0.323. The molecule has 0 aliphatic carbocycles. The Bertz CT molecular complexity index is 1800. The van der Waals surface area contributed by atoms with E-state index in [9.17, 15) is 18.0 Å². The third-order valence-electron chi connectivity index (χ3n) is 6.72. The van der Waals surface area contributed by atoms with Gasteiger partial charge in [0.15, 0.2) is 5.65 Å². The molecule has 0 N–H and O–H groups in total. The average molecular weight is 672 g/mol. The summed E-state index contributed by atoms with van der Waals surface area (Å²) < 4.78 is 54.0. The Hall–Kier alpha value is -4.26. The van der Waals surface area contributed by atoms with Crippen molar-refractivity contribution in [2.24, 2.45) is 0 Å². The van der Waals surface area contributed by atoms with E-state index in [-0.39, 0.29) is 18.1 Å². The molecule has 230 valence electrons. The molecule has 1 unspecified atom stereocenters. The lowest BCUT2D eigenvalue weighted by atomic mass is 10.1. The van der Waals surface area contributed by atoms with Gasteiger partial charge in [0.05, 0.1) is 17.4 Å². The van der Waals surface area contributed by atoms with Gasteiger partial charge in [-0.1, -0.05) is 52.3 Å². The van der Waals surface area contributed by atoms with Gasteiger partial charge >= 0.3 is 12.3 Å². The maximum absolute atomic E-state index is 13.6. The van der Waals surface area contributed by atoms with Crippen LogP contribution >= 0.6 is 15.9 Å². The summed E-state index contributed by atoms with van der Waals surface area (Å²) in [6.45, 7) is 7.59. The minimum Gasteiger partial charge on any atom is -0.470 e. The molecule has 0 bridgehead atoms. The number of pyridine rings is 1. The van der Waals surface area contributed by atoms with E-state index >= 15 is 0 Å². The number of benzene rings is 2. The number of carbonyl (C=O) groups excluding carboxylic acids is 1. The number of halogens is 4. The first-order chi connectivity index (χ1) is 20.8. The first-order valence-corrected chi connectivity index (χ1v) is 14.6. The molecule has 3 aromatic heterocycles. The zero-order valence-corrected chi connectivity index (χ0v) is 26.1. The van der Waals surface area contributed by atoms with Crippen LogP contribution in [0.3, 0.4) is 0 Å². The number of amides is 1. The van der Waals surface area contributed by atoms with Crippen molar-refractivity contribution < 1.29 is 27.4 Å². The summed E-state index contributed by atoms with van der Waals surface area (Å²) in [5.74, 6) is -1.27. The van der Waals surface area contributed by atoms with E-state index in [0.717, 1.165) is 10.0 Å². The van der Waals surface area contributed by atoms with Crippen LogP contribution in [0.5, 0.6) is 5.88 Å². The molecule has 0 saturated carbocycles. The van der Waals surface area contributed by atoms with Crippen LogP contribution in [0, 0.1) is 0 Å². The number of hydrogen-bond acceptors (Lipinski definition) is 7. The molecule has 9 nitrogen and oxygen atoms in total. The molecule has 0 spiro atoms. The van der Waals surface area contributed by atoms with Gasteiger partial charge in [-0.25, -0.2) is 4.79 Å². The number of hydrogen-bond donors (Lipinski definition) is 0. The molecular formula is C31H30BrF3N6O3. The zero-order chi connectivity index (χ0) is 31.6. The van der Waals surface area contributed by atoms with Gasteiger partial charge in [-0.05, 0) is 70.0 Å². The molecule has 1 amide bonds. The lowest BCUT2D eigenvalue weighted by molar-refractivity contribution is -0.146. The smallest absolute Gasteiger partial charge is 0.453 e. The van der Waals surface area contributed by atoms with E-state index in [1.807, 2.05) is 52.0 Å². The van der Waals surface area contributed by atoms with Gasteiger partial charge in [0, 0.05) is 21.8 Å². The van der Waals surface area contributed by atoms with Crippen LogP contribution in [-0.4, -0.2) is 47.9 Å². The Kier molecular flexibility index (Phi) is 8.78. The molecule has 1 atom stereocenters. The Balaban J connectivity index is 1.40. The monoisotopic (exact) mass is 670 g/mol. The third kappa shape index (κ3) is 7.09. The maximum atomic E-state index is 13.6. The molecule has 0 radical (unpaired) electrons. The van der Waals surface area contributed by atoms with E-state index in [2.05, 4.69) is 31.2 Å². The first-order valence-electron chi connectivity index (χ1n) is 13.8. The van der Waals surface area contributed by atoms with Gasteiger partial charge in [-0.2, -0.15) is 17.7 Å². The van der Waals surface area contributed by atoms with Crippen molar-refractivity contribution in [1.82, 2.24) is 29.7 Å². The molecule has 5 rings (SSSR count). The summed E-state index contributed by atoms with van der Waals surface area (Å²) in [4.78, 5) is 19.7. The van der Waals surface area contributed by atoms with E-state index in [0.29, 0.717) is 39.6 Å². The summed E-state index contributed by atoms with van der Waals surface area (Å²) in [5.41, 5.74) is 1.42. The Morgan fingerprint density at radius 2 is 1.73 bits per heavy atom. The highest BCUT2D eigenvalue weighted by molar-refractivity contribution is 9.10. The SMILES string of the molecule is CC(c1cccc(COc2nn3c(C(F)(F)F)nnc3c3ccccc23)n1)N(CCc1cccc(Br)c1)C(=O)OC(C)(C)C. The van der Waals surface area contributed by atoms with Crippen LogP contribution < -0.4 is 4.74 Å². The van der Waals surface area contributed by atoms with Gasteiger partial charge < -0.3 is 9.47 Å². The highest BCUT2D eigenvalue weighted by Crippen LogP contribution is 2.32. The molecule has 0 aliphatic rings. The Labute approximate surface area is 260 Å². The van der Waals surface area contributed by atoms with Crippen LogP contribution in [0.15, 0.2) is 71.2 Å². The second-order valence-corrected chi connectivity index (χ2v) is 12.1. The van der Waals surface area contributed by atoms with E-state index in [1.54, 1.807) is 47.4 Å². The number of rotatable bonds is 8. The molecule has 0 fully saturated rings. The lowest BCUT2D eigenvalue weighted by Crippen LogP contribution is -2.40. The highest BCUT2D eigenvalue weighted by Gasteiger charge is 2.38. The molecule has 5 aromatic rings. The Morgan fingerprint density at radius 1 is 1.00 bits per heavy atom. The summed E-state index contributed by atoms with van der Waals surface area (Å²) in [6, 6.07) is 19.5. The van der Waals surface area contributed by atoms with Crippen molar-refractivity contribution in [2.75, 3.05) is 6.54 Å². The van der Waals surface area contributed by atoms with Gasteiger partial charge in [-0.3, -0.25) is 9.88 Å².